The predicted molar refractivity (Wildman–Crippen MR) is 66.7 cm³/mol. The van der Waals surface area contributed by atoms with Crippen molar-refractivity contribution in [2.45, 2.75) is 56.8 Å². The smallest absolute Gasteiger partial charge is 0.260 e. The Bertz CT molecular complexity index is 431. The van der Waals surface area contributed by atoms with E-state index < -0.39 is 5.92 Å². The molecule has 0 aliphatic heterocycles. The highest BCUT2D eigenvalue weighted by Crippen LogP contribution is 2.52. The average Bonchev–Trinajstić information content (AvgIpc) is 2.65. The van der Waals surface area contributed by atoms with E-state index in [1.807, 2.05) is 6.07 Å². The number of nitrogens with zero attached hydrogens (tertiary/aromatic N) is 1. The largest absolute Gasteiger partial charge is 0.272 e. The molecule has 2 fully saturated rings. The third kappa shape index (κ3) is 1.94. The lowest BCUT2D eigenvalue weighted by Gasteiger charge is -2.32. The molecule has 0 spiro atoms. The first-order valence-corrected chi connectivity index (χ1v) is 6.84. The number of fused-ring (bicyclic) bond motifs is 2. The fourth-order valence-electron chi connectivity index (χ4n) is 3.77. The summed E-state index contributed by atoms with van der Waals surface area (Å²) in [4.78, 5) is 4.36. The summed E-state index contributed by atoms with van der Waals surface area (Å²) < 4.78 is 26.3. The monoisotopic (exact) mass is 251 g/mol. The van der Waals surface area contributed by atoms with E-state index in [4.69, 9.17) is 0 Å². The SMILES string of the molecule is CC(F)(F)c1ccc(C23CCCC(CC2)C3)nc1. The summed E-state index contributed by atoms with van der Waals surface area (Å²) in [6.07, 6.45) is 8.83. The van der Waals surface area contributed by atoms with Crippen molar-refractivity contribution in [3.8, 4) is 0 Å². The van der Waals surface area contributed by atoms with E-state index in [2.05, 4.69) is 4.98 Å². The molecule has 1 aromatic heterocycles. The number of alkyl halides is 2. The summed E-state index contributed by atoms with van der Waals surface area (Å²) in [6, 6.07) is 3.39. The third-order valence-electron chi connectivity index (χ3n) is 4.79. The highest BCUT2D eigenvalue weighted by molar-refractivity contribution is 5.25. The molecule has 2 atom stereocenters. The summed E-state index contributed by atoms with van der Waals surface area (Å²) in [5.74, 6) is -1.94. The van der Waals surface area contributed by atoms with Crippen molar-refractivity contribution >= 4 is 0 Å². The van der Waals surface area contributed by atoms with E-state index in [0.717, 1.165) is 18.5 Å². The van der Waals surface area contributed by atoms with Gasteiger partial charge in [0, 0.05) is 29.8 Å². The van der Waals surface area contributed by atoms with Crippen LogP contribution >= 0.6 is 0 Å². The summed E-state index contributed by atoms with van der Waals surface area (Å²) in [5, 5.41) is 0. The van der Waals surface area contributed by atoms with Gasteiger partial charge in [-0.05, 0) is 43.7 Å². The molecule has 98 valence electrons. The van der Waals surface area contributed by atoms with Crippen LogP contribution < -0.4 is 0 Å². The van der Waals surface area contributed by atoms with Gasteiger partial charge in [0.1, 0.15) is 0 Å². The molecular weight excluding hydrogens is 232 g/mol. The van der Waals surface area contributed by atoms with E-state index in [-0.39, 0.29) is 11.0 Å². The standard InChI is InChI=1S/C15H19F2N/c1-14(16,17)12-4-5-13(18-10-12)15-7-2-3-11(9-15)6-8-15/h4-5,10-11H,2-3,6-9H2,1H3. The molecule has 1 heterocycles. The van der Waals surface area contributed by atoms with Crippen molar-refractivity contribution in [1.29, 1.82) is 0 Å². The molecule has 0 amide bonds. The molecule has 2 aliphatic carbocycles. The van der Waals surface area contributed by atoms with Gasteiger partial charge in [-0.2, -0.15) is 0 Å². The summed E-state index contributed by atoms with van der Waals surface area (Å²) in [6.45, 7) is 0.925. The first kappa shape index (κ1) is 12.1. The molecule has 3 heteroatoms. The van der Waals surface area contributed by atoms with Crippen LogP contribution in [-0.2, 0) is 11.3 Å². The third-order valence-corrected chi connectivity index (χ3v) is 4.79. The van der Waals surface area contributed by atoms with E-state index >= 15 is 0 Å². The Morgan fingerprint density at radius 2 is 2.11 bits per heavy atom. The van der Waals surface area contributed by atoms with Gasteiger partial charge in [0.15, 0.2) is 0 Å². The lowest BCUT2D eigenvalue weighted by atomic mass is 9.73. The van der Waals surface area contributed by atoms with Gasteiger partial charge in [0.25, 0.3) is 5.92 Å². The van der Waals surface area contributed by atoms with E-state index in [1.165, 1.54) is 44.7 Å². The second-order valence-electron chi connectivity index (χ2n) is 6.10. The summed E-state index contributed by atoms with van der Waals surface area (Å²) in [7, 11) is 0. The van der Waals surface area contributed by atoms with Crippen LogP contribution in [0.3, 0.4) is 0 Å². The minimum absolute atomic E-state index is 0.0213. The number of aromatic nitrogens is 1. The molecule has 2 saturated carbocycles. The topological polar surface area (TPSA) is 12.9 Å². The van der Waals surface area contributed by atoms with E-state index in [9.17, 15) is 8.78 Å². The van der Waals surface area contributed by atoms with Gasteiger partial charge in [-0.3, -0.25) is 4.98 Å². The van der Waals surface area contributed by atoms with Crippen LogP contribution in [0.4, 0.5) is 8.78 Å². The maximum Gasteiger partial charge on any atom is 0.272 e. The number of hydrogen-bond acceptors (Lipinski definition) is 1. The highest BCUT2D eigenvalue weighted by Gasteiger charge is 2.44. The molecule has 1 nitrogen and oxygen atoms in total. The fourth-order valence-corrected chi connectivity index (χ4v) is 3.77. The predicted octanol–water partition coefficient (Wildman–Crippen LogP) is 4.42. The van der Waals surface area contributed by atoms with Crippen molar-refractivity contribution in [3.63, 3.8) is 0 Å². The lowest BCUT2D eigenvalue weighted by Crippen LogP contribution is -2.27. The minimum atomic E-state index is -2.78. The summed E-state index contributed by atoms with van der Waals surface area (Å²) in [5.41, 5.74) is 1.26. The van der Waals surface area contributed by atoms with Gasteiger partial charge in [-0.1, -0.05) is 12.8 Å². The van der Waals surface area contributed by atoms with Gasteiger partial charge in [-0.25, -0.2) is 8.78 Å². The fraction of sp³-hybridized carbons (Fsp3) is 0.667. The molecule has 0 saturated heterocycles. The highest BCUT2D eigenvalue weighted by atomic mass is 19.3. The van der Waals surface area contributed by atoms with Crippen LogP contribution in [0.1, 0.15) is 56.7 Å². The molecule has 18 heavy (non-hydrogen) atoms. The van der Waals surface area contributed by atoms with Crippen LogP contribution in [0.2, 0.25) is 0 Å². The summed E-state index contributed by atoms with van der Waals surface area (Å²) >= 11 is 0. The van der Waals surface area contributed by atoms with Crippen LogP contribution in [0.5, 0.6) is 0 Å². The lowest BCUT2D eigenvalue weighted by molar-refractivity contribution is 0.0170. The Morgan fingerprint density at radius 1 is 1.28 bits per heavy atom. The van der Waals surface area contributed by atoms with Crippen molar-refractivity contribution < 1.29 is 8.78 Å². The average molecular weight is 251 g/mol. The van der Waals surface area contributed by atoms with Gasteiger partial charge in [0.2, 0.25) is 0 Å². The Hall–Kier alpha value is -0.990. The maximum absolute atomic E-state index is 13.2. The van der Waals surface area contributed by atoms with Gasteiger partial charge in [0.05, 0.1) is 0 Å². The molecule has 0 aromatic carbocycles. The van der Waals surface area contributed by atoms with Crippen LogP contribution in [0.15, 0.2) is 18.3 Å². The first-order chi connectivity index (χ1) is 8.50. The molecule has 2 bridgehead atoms. The first-order valence-electron chi connectivity index (χ1n) is 6.84. The number of pyridine rings is 1. The second kappa shape index (κ2) is 4.01. The molecule has 2 unspecified atom stereocenters. The molecule has 1 aromatic rings. The van der Waals surface area contributed by atoms with E-state index in [1.54, 1.807) is 6.07 Å². The van der Waals surface area contributed by atoms with Crippen molar-refractivity contribution in [3.05, 3.63) is 29.6 Å². The second-order valence-corrected chi connectivity index (χ2v) is 6.10. The Kier molecular flexibility index (Phi) is 2.68. The molecule has 2 aliphatic rings. The molecule has 3 rings (SSSR count). The van der Waals surface area contributed by atoms with Gasteiger partial charge in [-0.15, -0.1) is 0 Å². The molecule has 0 radical (unpaired) electrons. The molecular formula is C15H19F2N. The van der Waals surface area contributed by atoms with E-state index in [0.29, 0.717) is 0 Å². The number of hydrogen-bond donors (Lipinski definition) is 0. The Labute approximate surface area is 107 Å². The van der Waals surface area contributed by atoms with Crippen molar-refractivity contribution in [1.82, 2.24) is 4.98 Å². The van der Waals surface area contributed by atoms with Crippen LogP contribution in [0, 0.1) is 5.92 Å². The van der Waals surface area contributed by atoms with Crippen molar-refractivity contribution in [2.75, 3.05) is 0 Å². The van der Waals surface area contributed by atoms with Crippen LogP contribution in [-0.4, -0.2) is 4.98 Å². The number of rotatable bonds is 2. The zero-order valence-electron chi connectivity index (χ0n) is 10.8. The Balaban J connectivity index is 1.89. The zero-order valence-corrected chi connectivity index (χ0v) is 10.8. The van der Waals surface area contributed by atoms with Crippen molar-refractivity contribution in [2.24, 2.45) is 5.92 Å². The Morgan fingerprint density at radius 3 is 2.78 bits per heavy atom. The van der Waals surface area contributed by atoms with Gasteiger partial charge < -0.3 is 0 Å². The minimum Gasteiger partial charge on any atom is -0.260 e. The maximum atomic E-state index is 13.2. The normalized spacial score (nSPS) is 31.6. The number of halogens is 2. The zero-order chi connectivity index (χ0) is 12.8. The van der Waals surface area contributed by atoms with Gasteiger partial charge >= 0.3 is 0 Å². The quantitative estimate of drug-likeness (QED) is 0.758. The van der Waals surface area contributed by atoms with Crippen LogP contribution in [0.25, 0.3) is 0 Å². The molecule has 0 N–H and O–H groups in total.